The fourth-order valence-corrected chi connectivity index (χ4v) is 6.36. The average Bonchev–Trinajstić information content (AvgIpc) is 2.91. The molecule has 0 bridgehead atoms. The van der Waals surface area contributed by atoms with Crippen LogP contribution in [0.4, 0.5) is 17.1 Å². The SMILES string of the molecule is Cc1ccc(NS(=O)(=O)c2ccc(NC(=O)c3ccc(CN(c4cccc(Cl)c4Cl)S(C)(=O)=O)cc3)cc2)cc1Cl. The second-order valence-electron chi connectivity index (χ2n) is 9.09. The van der Waals surface area contributed by atoms with Crippen molar-refractivity contribution in [2.75, 3.05) is 20.6 Å². The molecule has 0 atom stereocenters. The van der Waals surface area contributed by atoms with Crippen LogP contribution in [0.1, 0.15) is 21.5 Å². The third-order valence-electron chi connectivity index (χ3n) is 5.99. The summed E-state index contributed by atoms with van der Waals surface area (Å²) in [4.78, 5) is 12.8. The molecule has 4 aromatic carbocycles. The van der Waals surface area contributed by atoms with E-state index < -0.39 is 26.0 Å². The van der Waals surface area contributed by atoms with Crippen LogP contribution in [0.25, 0.3) is 0 Å². The first-order chi connectivity index (χ1) is 19.2. The molecule has 0 saturated heterocycles. The van der Waals surface area contributed by atoms with Gasteiger partial charge in [-0.05, 0) is 78.7 Å². The Morgan fingerprint density at radius 3 is 2.05 bits per heavy atom. The molecule has 0 heterocycles. The summed E-state index contributed by atoms with van der Waals surface area (Å²) < 4.78 is 54.1. The summed E-state index contributed by atoms with van der Waals surface area (Å²) in [5, 5.41) is 3.49. The summed E-state index contributed by atoms with van der Waals surface area (Å²) in [5.41, 5.74) is 2.71. The normalized spacial score (nSPS) is 11.6. The molecular formula is C28H24Cl3N3O5S2. The summed E-state index contributed by atoms with van der Waals surface area (Å²) in [6, 6.07) is 21.6. The number of hydrogen-bond donors (Lipinski definition) is 2. The van der Waals surface area contributed by atoms with Crippen molar-refractivity contribution in [3.05, 3.63) is 117 Å². The number of amides is 1. The van der Waals surface area contributed by atoms with Gasteiger partial charge in [0.25, 0.3) is 15.9 Å². The topological polar surface area (TPSA) is 113 Å². The molecule has 0 unspecified atom stereocenters. The van der Waals surface area contributed by atoms with E-state index >= 15 is 0 Å². The van der Waals surface area contributed by atoms with E-state index in [1.165, 1.54) is 30.3 Å². The lowest BCUT2D eigenvalue weighted by Crippen LogP contribution is -2.29. The largest absolute Gasteiger partial charge is 0.322 e. The Morgan fingerprint density at radius 1 is 0.805 bits per heavy atom. The first kappa shape index (κ1) is 30.7. The van der Waals surface area contributed by atoms with Crippen LogP contribution >= 0.6 is 34.8 Å². The minimum atomic E-state index is -3.87. The monoisotopic (exact) mass is 651 g/mol. The first-order valence-electron chi connectivity index (χ1n) is 12.0. The summed E-state index contributed by atoms with van der Waals surface area (Å²) in [5.74, 6) is -0.433. The molecule has 214 valence electrons. The van der Waals surface area contributed by atoms with Gasteiger partial charge < -0.3 is 5.32 Å². The van der Waals surface area contributed by atoms with Crippen LogP contribution < -0.4 is 14.3 Å². The lowest BCUT2D eigenvalue weighted by atomic mass is 10.1. The molecule has 41 heavy (non-hydrogen) atoms. The van der Waals surface area contributed by atoms with Gasteiger partial charge in [0, 0.05) is 16.3 Å². The quantitative estimate of drug-likeness (QED) is 0.203. The molecule has 2 N–H and O–H groups in total. The molecule has 4 aromatic rings. The van der Waals surface area contributed by atoms with E-state index in [1.54, 1.807) is 54.6 Å². The summed E-state index contributed by atoms with van der Waals surface area (Å²) in [6.45, 7) is 1.78. The molecule has 0 aromatic heterocycles. The average molecular weight is 653 g/mol. The number of anilines is 3. The number of carbonyl (C=O) groups excluding carboxylic acids is 1. The number of carbonyl (C=O) groups is 1. The smallest absolute Gasteiger partial charge is 0.261 e. The standard InChI is InChI=1S/C28H24Cl3N3O5S2/c1-18-6-11-22(16-25(18)30)33-41(38,39)23-14-12-21(13-15-23)32-28(35)20-9-7-19(8-10-20)17-34(40(2,36)37)26-5-3-4-24(29)27(26)31/h3-16,33H,17H2,1-2H3,(H,32,35). The zero-order valence-corrected chi connectivity index (χ0v) is 25.6. The molecule has 0 spiro atoms. The lowest BCUT2D eigenvalue weighted by molar-refractivity contribution is 0.102. The Kier molecular flexibility index (Phi) is 9.20. The van der Waals surface area contributed by atoms with Crippen molar-refractivity contribution in [3.63, 3.8) is 0 Å². The number of sulfonamides is 2. The van der Waals surface area contributed by atoms with Crippen molar-refractivity contribution < 1.29 is 21.6 Å². The Balaban J connectivity index is 1.44. The van der Waals surface area contributed by atoms with Gasteiger partial charge in [0.2, 0.25) is 10.0 Å². The van der Waals surface area contributed by atoms with E-state index in [0.29, 0.717) is 27.5 Å². The maximum Gasteiger partial charge on any atom is 0.261 e. The molecule has 4 rings (SSSR count). The first-order valence-corrected chi connectivity index (χ1v) is 16.4. The van der Waals surface area contributed by atoms with Crippen molar-refractivity contribution in [1.82, 2.24) is 0 Å². The van der Waals surface area contributed by atoms with E-state index in [0.717, 1.165) is 16.1 Å². The van der Waals surface area contributed by atoms with Crippen LogP contribution in [-0.4, -0.2) is 29.0 Å². The lowest BCUT2D eigenvalue weighted by Gasteiger charge is -2.24. The highest BCUT2D eigenvalue weighted by atomic mass is 35.5. The van der Waals surface area contributed by atoms with Gasteiger partial charge in [-0.3, -0.25) is 13.8 Å². The van der Waals surface area contributed by atoms with Gasteiger partial charge in [0.1, 0.15) is 0 Å². The zero-order chi connectivity index (χ0) is 29.9. The maximum atomic E-state index is 12.8. The van der Waals surface area contributed by atoms with Gasteiger partial charge in [-0.15, -0.1) is 0 Å². The fourth-order valence-electron chi connectivity index (χ4n) is 3.78. The summed E-state index contributed by atoms with van der Waals surface area (Å²) >= 11 is 18.4. The van der Waals surface area contributed by atoms with Gasteiger partial charge in [-0.25, -0.2) is 16.8 Å². The van der Waals surface area contributed by atoms with E-state index in [1.807, 2.05) is 6.92 Å². The van der Waals surface area contributed by atoms with Crippen LogP contribution in [0.3, 0.4) is 0 Å². The predicted molar refractivity (Wildman–Crippen MR) is 165 cm³/mol. The number of hydrogen-bond acceptors (Lipinski definition) is 5. The van der Waals surface area contributed by atoms with E-state index in [2.05, 4.69) is 10.0 Å². The molecule has 8 nitrogen and oxygen atoms in total. The molecule has 0 saturated carbocycles. The second kappa shape index (κ2) is 12.3. The molecule has 13 heteroatoms. The van der Waals surface area contributed by atoms with Gasteiger partial charge in [-0.1, -0.05) is 59.1 Å². The minimum Gasteiger partial charge on any atom is -0.322 e. The van der Waals surface area contributed by atoms with Crippen LogP contribution in [0, 0.1) is 6.92 Å². The number of aryl methyl sites for hydroxylation is 1. The highest BCUT2D eigenvalue weighted by molar-refractivity contribution is 7.92. The van der Waals surface area contributed by atoms with Crippen LogP contribution in [-0.2, 0) is 26.6 Å². The highest BCUT2D eigenvalue weighted by Gasteiger charge is 2.22. The van der Waals surface area contributed by atoms with E-state index in [-0.39, 0.29) is 27.2 Å². The van der Waals surface area contributed by atoms with Crippen molar-refractivity contribution in [1.29, 1.82) is 0 Å². The number of rotatable bonds is 9. The van der Waals surface area contributed by atoms with Gasteiger partial charge >= 0.3 is 0 Å². The number of halogens is 3. The highest BCUT2D eigenvalue weighted by Crippen LogP contribution is 2.34. The summed E-state index contributed by atoms with van der Waals surface area (Å²) in [7, 11) is -7.58. The molecule has 0 aliphatic heterocycles. The Bertz CT molecular complexity index is 1810. The molecule has 1 amide bonds. The van der Waals surface area contributed by atoms with Crippen molar-refractivity contribution in [2.24, 2.45) is 0 Å². The maximum absolute atomic E-state index is 12.8. The third kappa shape index (κ3) is 7.52. The van der Waals surface area contributed by atoms with Crippen molar-refractivity contribution in [3.8, 4) is 0 Å². The molecule has 0 radical (unpaired) electrons. The number of nitrogens with one attached hydrogen (secondary N) is 2. The fraction of sp³-hybridized carbons (Fsp3) is 0.107. The predicted octanol–water partition coefficient (Wildman–Crippen LogP) is 6.97. The molecular weight excluding hydrogens is 629 g/mol. The van der Waals surface area contributed by atoms with Crippen LogP contribution in [0.5, 0.6) is 0 Å². The van der Waals surface area contributed by atoms with Crippen molar-refractivity contribution in [2.45, 2.75) is 18.4 Å². The van der Waals surface area contributed by atoms with E-state index in [4.69, 9.17) is 34.8 Å². The minimum absolute atomic E-state index is 0.00628. The van der Waals surface area contributed by atoms with Gasteiger partial charge in [0.15, 0.2) is 0 Å². The molecule has 0 fully saturated rings. The summed E-state index contributed by atoms with van der Waals surface area (Å²) in [6.07, 6.45) is 1.07. The third-order valence-corrected chi connectivity index (χ3v) is 9.73. The Morgan fingerprint density at radius 2 is 1.44 bits per heavy atom. The van der Waals surface area contributed by atoms with Crippen LogP contribution in [0.15, 0.2) is 89.8 Å². The molecule has 0 aliphatic carbocycles. The van der Waals surface area contributed by atoms with Gasteiger partial charge in [-0.2, -0.15) is 0 Å². The van der Waals surface area contributed by atoms with E-state index in [9.17, 15) is 21.6 Å². The number of nitrogens with zero attached hydrogens (tertiary/aromatic N) is 1. The van der Waals surface area contributed by atoms with Gasteiger partial charge in [0.05, 0.1) is 39.1 Å². The number of benzene rings is 4. The Labute approximate surface area is 254 Å². The van der Waals surface area contributed by atoms with Crippen LogP contribution in [0.2, 0.25) is 15.1 Å². The Hall–Kier alpha value is -3.28. The zero-order valence-electron chi connectivity index (χ0n) is 21.7. The second-order valence-corrected chi connectivity index (χ2v) is 13.9. The molecule has 0 aliphatic rings. The van der Waals surface area contributed by atoms with Crippen molar-refractivity contribution >= 4 is 77.8 Å².